The van der Waals surface area contributed by atoms with Gasteiger partial charge in [0.1, 0.15) is 42.5 Å². The second kappa shape index (κ2) is 14.2. The van der Waals surface area contributed by atoms with Crippen LogP contribution in [0.5, 0.6) is 11.5 Å². The van der Waals surface area contributed by atoms with E-state index in [0.29, 0.717) is 13.0 Å². The Hall–Kier alpha value is -3.06. The number of ketones is 1. The van der Waals surface area contributed by atoms with Gasteiger partial charge in [-0.2, -0.15) is 0 Å². The van der Waals surface area contributed by atoms with Gasteiger partial charge in [-0.15, -0.1) is 0 Å². The summed E-state index contributed by atoms with van der Waals surface area (Å²) >= 11 is 0. The Morgan fingerprint density at radius 2 is 1.79 bits per heavy atom. The molecule has 0 amide bonds. The van der Waals surface area contributed by atoms with Gasteiger partial charge in [0.25, 0.3) is 0 Å². The summed E-state index contributed by atoms with van der Waals surface area (Å²) in [6.45, 7) is 2.68. The largest absolute Gasteiger partial charge is 0.508 e. The third-order valence-corrected chi connectivity index (χ3v) is 6.11. The molecule has 1 saturated heterocycles. The molecule has 1 aliphatic rings. The van der Waals surface area contributed by atoms with E-state index in [4.69, 9.17) is 14.2 Å². The fraction of sp³-hybridized carbons (Fsp3) is 0.481. The van der Waals surface area contributed by atoms with Crippen LogP contribution in [0.3, 0.4) is 0 Å². The molecule has 0 aliphatic carbocycles. The van der Waals surface area contributed by atoms with E-state index in [-0.39, 0.29) is 42.4 Å². The molecule has 11 nitrogen and oxygen atoms in total. The van der Waals surface area contributed by atoms with Crippen LogP contribution in [0, 0.1) is 0 Å². The van der Waals surface area contributed by atoms with Gasteiger partial charge in [0.15, 0.2) is 18.2 Å². The summed E-state index contributed by atoms with van der Waals surface area (Å²) in [5.41, 5.74) is 1.19. The number of carbonyl (C=O) groups is 2. The molecule has 0 radical (unpaired) electrons. The highest BCUT2D eigenvalue weighted by Crippen LogP contribution is 2.27. The van der Waals surface area contributed by atoms with E-state index in [2.05, 4.69) is 5.32 Å². The number of aliphatic hydroxyl groups excluding tert-OH is 3. The number of aryl methyl sites for hydroxylation is 1. The predicted octanol–water partition coefficient (Wildman–Crippen LogP) is 0.863. The van der Waals surface area contributed by atoms with E-state index in [9.17, 15) is 35.1 Å². The average molecular weight is 534 g/mol. The number of aliphatic hydroxyl groups is 3. The van der Waals surface area contributed by atoms with Gasteiger partial charge in [0.05, 0.1) is 5.56 Å². The molecule has 0 aromatic heterocycles. The van der Waals surface area contributed by atoms with Crippen molar-refractivity contribution in [1.82, 2.24) is 5.32 Å². The molecule has 1 heterocycles. The van der Waals surface area contributed by atoms with Crippen molar-refractivity contribution in [3.63, 3.8) is 0 Å². The first-order valence-electron chi connectivity index (χ1n) is 12.5. The Balaban J connectivity index is 1.71. The standard InChI is InChI=1S/C27H35NO10/c1-2-12-28-14-18(37-27-24(33)22(31)23(32)25(38-27)26(34)35)15-36-21-11-9-17(29)13-19(21)20(30)10-8-16-6-4-3-5-7-16/h3-7,9,11,13,18,22-25,27-29,31-33H,2,8,10,12,14-15H2,1H3,(H,34,35)/t18?,22-,23-,24+,25-,27?/m0/s1. The molecule has 208 valence electrons. The number of ether oxygens (including phenoxy) is 3. The van der Waals surface area contributed by atoms with Crippen molar-refractivity contribution in [3.8, 4) is 11.5 Å². The van der Waals surface area contributed by atoms with E-state index in [1.807, 2.05) is 37.3 Å². The molecule has 1 aliphatic heterocycles. The second-order valence-corrected chi connectivity index (χ2v) is 9.10. The number of phenolic OH excluding ortho intramolecular Hbond substituents is 1. The lowest BCUT2D eigenvalue weighted by Crippen LogP contribution is -2.61. The molecular weight excluding hydrogens is 498 g/mol. The fourth-order valence-electron chi connectivity index (χ4n) is 4.02. The first-order chi connectivity index (χ1) is 18.2. The van der Waals surface area contributed by atoms with E-state index < -0.39 is 42.8 Å². The van der Waals surface area contributed by atoms with Crippen molar-refractivity contribution in [2.24, 2.45) is 0 Å². The van der Waals surface area contributed by atoms with Crippen molar-refractivity contribution < 1.29 is 49.3 Å². The second-order valence-electron chi connectivity index (χ2n) is 9.10. The van der Waals surface area contributed by atoms with Crippen molar-refractivity contribution in [3.05, 3.63) is 59.7 Å². The lowest BCUT2D eigenvalue weighted by Gasteiger charge is -2.39. The average Bonchev–Trinajstić information content (AvgIpc) is 2.91. The van der Waals surface area contributed by atoms with E-state index in [1.54, 1.807) is 0 Å². The number of nitrogens with one attached hydrogen (secondary N) is 1. The first kappa shape index (κ1) is 29.5. The highest BCUT2D eigenvalue weighted by atomic mass is 16.7. The Labute approximate surface area is 220 Å². The quantitative estimate of drug-likeness (QED) is 0.150. The Morgan fingerprint density at radius 1 is 1.05 bits per heavy atom. The summed E-state index contributed by atoms with van der Waals surface area (Å²) < 4.78 is 16.9. The van der Waals surface area contributed by atoms with Gasteiger partial charge >= 0.3 is 5.97 Å². The summed E-state index contributed by atoms with van der Waals surface area (Å²) in [6.07, 6.45) is -7.98. The number of phenols is 1. The Morgan fingerprint density at radius 3 is 2.47 bits per heavy atom. The number of Topliss-reactive ketones (excluding diaryl/α,β-unsaturated/α-hetero) is 1. The maximum Gasteiger partial charge on any atom is 0.335 e. The van der Waals surface area contributed by atoms with Crippen LogP contribution in [0.1, 0.15) is 35.7 Å². The number of hydrogen-bond acceptors (Lipinski definition) is 10. The number of rotatable bonds is 14. The molecule has 2 unspecified atom stereocenters. The third kappa shape index (κ3) is 7.97. The minimum Gasteiger partial charge on any atom is -0.508 e. The van der Waals surface area contributed by atoms with Crippen LogP contribution in [-0.4, -0.2) is 93.8 Å². The monoisotopic (exact) mass is 533 g/mol. The molecule has 2 aromatic rings. The van der Waals surface area contributed by atoms with Crippen molar-refractivity contribution >= 4 is 11.8 Å². The zero-order valence-electron chi connectivity index (χ0n) is 21.1. The fourth-order valence-corrected chi connectivity index (χ4v) is 4.02. The molecule has 0 spiro atoms. The van der Waals surface area contributed by atoms with E-state index in [1.165, 1.54) is 18.2 Å². The van der Waals surface area contributed by atoms with Crippen LogP contribution in [0.25, 0.3) is 0 Å². The summed E-state index contributed by atoms with van der Waals surface area (Å²) in [5, 5.41) is 52.7. The van der Waals surface area contributed by atoms with Gasteiger partial charge in [0, 0.05) is 13.0 Å². The van der Waals surface area contributed by atoms with Crippen LogP contribution in [0.15, 0.2) is 48.5 Å². The highest BCUT2D eigenvalue weighted by Gasteiger charge is 2.48. The van der Waals surface area contributed by atoms with Crippen LogP contribution in [0.4, 0.5) is 0 Å². The number of carboxylic acids is 1. The number of benzene rings is 2. The van der Waals surface area contributed by atoms with Crippen LogP contribution >= 0.6 is 0 Å². The number of aliphatic carboxylic acids is 1. The minimum absolute atomic E-state index is 0.0937. The molecule has 2 aromatic carbocycles. The minimum atomic E-state index is -1.84. The first-order valence-corrected chi connectivity index (χ1v) is 12.5. The number of aromatic hydroxyl groups is 1. The maximum absolute atomic E-state index is 13.0. The van der Waals surface area contributed by atoms with Gasteiger partial charge < -0.3 is 45.1 Å². The van der Waals surface area contributed by atoms with Gasteiger partial charge in [-0.1, -0.05) is 37.3 Å². The van der Waals surface area contributed by atoms with Crippen LogP contribution < -0.4 is 10.1 Å². The number of carbonyl (C=O) groups excluding carboxylic acids is 1. The Kier molecular flexibility index (Phi) is 11.0. The van der Waals surface area contributed by atoms with E-state index in [0.717, 1.165) is 12.0 Å². The molecule has 3 rings (SSSR count). The summed E-state index contributed by atoms with van der Waals surface area (Å²) in [6, 6.07) is 13.7. The molecule has 0 bridgehead atoms. The summed E-state index contributed by atoms with van der Waals surface area (Å²) in [4.78, 5) is 24.4. The lowest BCUT2D eigenvalue weighted by atomic mass is 9.99. The molecule has 1 fully saturated rings. The highest BCUT2D eigenvalue weighted by molar-refractivity contribution is 5.99. The third-order valence-electron chi connectivity index (χ3n) is 6.11. The zero-order valence-corrected chi connectivity index (χ0v) is 21.1. The molecule has 11 heteroatoms. The smallest absolute Gasteiger partial charge is 0.335 e. The predicted molar refractivity (Wildman–Crippen MR) is 135 cm³/mol. The molecule has 6 atom stereocenters. The summed E-state index contributed by atoms with van der Waals surface area (Å²) in [5.74, 6) is -1.62. The van der Waals surface area contributed by atoms with Crippen LogP contribution in [-0.2, 0) is 20.7 Å². The normalized spacial score (nSPS) is 24.1. The number of carboxylic acid groups (broad SMARTS) is 1. The molecule has 6 N–H and O–H groups in total. The SMILES string of the molecule is CCCNCC(COc1ccc(O)cc1C(=O)CCc1ccccc1)OC1O[C@H](C(=O)O)[C@@H](O)[C@H](O)[C@H]1O. The van der Waals surface area contributed by atoms with Gasteiger partial charge in [0.2, 0.25) is 0 Å². The van der Waals surface area contributed by atoms with Gasteiger partial charge in [-0.25, -0.2) is 4.79 Å². The lowest BCUT2D eigenvalue weighted by molar-refractivity contribution is -0.305. The van der Waals surface area contributed by atoms with Crippen LogP contribution in [0.2, 0.25) is 0 Å². The van der Waals surface area contributed by atoms with Crippen molar-refractivity contribution in [2.45, 2.75) is 63.0 Å². The van der Waals surface area contributed by atoms with E-state index >= 15 is 0 Å². The molecular formula is C27H35NO10. The van der Waals surface area contributed by atoms with Gasteiger partial charge in [-0.3, -0.25) is 4.79 Å². The Bertz CT molecular complexity index is 1050. The zero-order chi connectivity index (χ0) is 27.7. The number of hydrogen-bond donors (Lipinski definition) is 6. The topological polar surface area (TPSA) is 175 Å². The summed E-state index contributed by atoms with van der Waals surface area (Å²) in [7, 11) is 0. The molecule has 0 saturated carbocycles. The van der Waals surface area contributed by atoms with Crippen molar-refractivity contribution in [2.75, 3.05) is 19.7 Å². The molecule has 38 heavy (non-hydrogen) atoms. The van der Waals surface area contributed by atoms with Crippen molar-refractivity contribution in [1.29, 1.82) is 0 Å². The van der Waals surface area contributed by atoms with Gasteiger partial charge in [-0.05, 0) is 43.1 Å². The maximum atomic E-state index is 13.0.